The van der Waals surface area contributed by atoms with Gasteiger partial charge in [-0.25, -0.2) is 17.2 Å². The van der Waals surface area contributed by atoms with Crippen LogP contribution in [0, 0.1) is 11.6 Å². The summed E-state index contributed by atoms with van der Waals surface area (Å²) in [5.74, 6) is -1.39. The number of sulfonamides is 1. The van der Waals surface area contributed by atoms with Crippen LogP contribution in [0.5, 0.6) is 0 Å². The molecular formula is C22H20F2N2O3S. The maximum atomic E-state index is 13.2. The van der Waals surface area contributed by atoms with Crippen molar-refractivity contribution >= 4 is 21.6 Å². The smallest absolute Gasteiger partial charge is 0.264 e. The third-order valence-electron chi connectivity index (χ3n) is 4.38. The van der Waals surface area contributed by atoms with Crippen molar-refractivity contribution in [3.63, 3.8) is 0 Å². The lowest BCUT2D eigenvalue weighted by molar-refractivity contribution is -0.119. The zero-order chi connectivity index (χ0) is 21.6. The van der Waals surface area contributed by atoms with Gasteiger partial charge in [0, 0.05) is 6.54 Å². The van der Waals surface area contributed by atoms with Gasteiger partial charge in [-0.05, 0) is 60.5 Å². The zero-order valence-corrected chi connectivity index (χ0v) is 16.8. The molecule has 3 aromatic carbocycles. The number of rotatable bonds is 8. The molecule has 0 heterocycles. The maximum Gasteiger partial charge on any atom is 0.264 e. The highest BCUT2D eigenvalue weighted by Gasteiger charge is 2.27. The van der Waals surface area contributed by atoms with E-state index in [0.717, 1.165) is 34.1 Å². The third-order valence-corrected chi connectivity index (χ3v) is 6.17. The minimum atomic E-state index is -4.08. The molecule has 0 aliphatic carbocycles. The van der Waals surface area contributed by atoms with Crippen LogP contribution in [-0.4, -0.2) is 27.4 Å². The Bertz CT molecular complexity index is 1090. The number of nitrogens with one attached hydrogen (secondary N) is 1. The number of anilines is 1. The van der Waals surface area contributed by atoms with Crippen molar-refractivity contribution in [2.24, 2.45) is 0 Å². The van der Waals surface area contributed by atoms with Crippen LogP contribution in [0.4, 0.5) is 14.5 Å². The van der Waals surface area contributed by atoms with E-state index in [-0.39, 0.29) is 17.3 Å². The fraction of sp³-hybridized carbons (Fsp3) is 0.136. The van der Waals surface area contributed by atoms with E-state index in [1.807, 2.05) is 0 Å². The normalized spacial score (nSPS) is 11.1. The van der Waals surface area contributed by atoms with Crippen LogP contribution in [-0.2, 0) is 21.2 Å². The van der Waals surface area contributed by atoms with Gasteiger partial charge in [0.2, 0.25) is 5.91 Å². The predicted octanol–water partition coefficient (Wildman–Crippen LogP) is 3.52. The molecule has 30 heavy (non-hydrogen) atoms. The monoisotopic (exact) mass is 430 g/mol. The number of para-hydroxylation sites is 1. The van der Waals surface area contributed by atoms with Gasteiger partial charge in [0.1, 0.15) is 18.2 Å². The third kappa shape index (κ3) is 5.42. The van der Waals surface area contributed by atoms with Crippen LogP contribution in [0.3, 0.4) is 0 Å². The summed E-state index contributed by atoms with van der Waals surface area (Å²) in [6, 6.07) is 18.6. The minimum absolute atomic E-state index is 0.119. The summed E-state index contributed by atoms with van der Waals surface area (Å²) in [6.07, 6.45) is 0.474. The van der Waals surface area contributed by atoms with Gasteiger partial charge in [0.15, 0.2) is 0 Å². The Morgan fingerprint density at radius 3 is 2.00 bits per heavy atom. The molecule has 0 aliphatic rings. The van der Waals surface area contributed by atoms with E-state index in [0.29, 0.717) is 12.1 Å². The molecule has 0 atom stereocenters. The average molecular weight is 430 g/mol. The minimum Gasteiger partial charge on any atom is -0.354 e. The zero-order valence-electron chi connectivity index (χ0n) is 16.0. The lowest BCUT2D eigenvalue weighted by atomic mass is 10.1. The number of nitrogens with zero attached hydrogens (tertiary/aromatic N) is 1. The summed E-state index contributed by atoms with van der Waals surface area (Å²) in [7, 11) is -4.08. The van der Waals surface area contributed by atoms with E-state index in [2.05, 4.69) is 5.32 Å². The van der Waals surface area contributed by atoms with Crippen molar-refractivity contribution in [2.45, 2.75) is 11.3 Å². The van der Waals surface area contributed by atoms with E-state index in [1.54, 1.807) is 42.5 Å². The standard InChI is InChI=1S/C22H20F2N2O3S/c23-18-8-6-17(7-9-18)14-15-25-22(27)16-26(20-4-2-1-3-5-20)30(28,29)21-12-10-19(24)11-13-21/h1-13H,14-16H2,(H,25,27). The first-order valence-corrected chi connectivity index (χ1v) is 10.6. The molecule has 3 aromatic rings. The number of hydrogen-bond donors (Lipinski definition) is 1. The Morgan fingerprint density at radius 1 is 0.833 bits per heavy atom. The molecule has 1 amide bonds. The molecule has 0 radical (unpaired) electrons. The Hall–Kier alpha value is -3.26. The summed E-state index contributed by atoms with van der Waals surface area (Å²) < 4.78 is 53.3. The average Bonchev–Trinajstić information content (AvgIpc) is 2.74. The Balaban J connectivity index is 1.73. The van der Waals surface area contributed by atoms with Crippen LogP contribution < -0.4 is 9.62 Å². The summed E-state index contributed by atoms with van der Waals surface area (Å²) in [4.78, 5) is 12.3. The first-order valence-electron chi connectivity index (χ1n) is 9.21. The van der Waals surface area contributed by atoms with Gasteiger partial charge in [-0.3, -0.25) is 9.10 Å². The number of carbonyl (C=O) groups excluding carboxylic acids is 1. The highest BCUT2D eigenvalue weighted by Crippen LogP contribution is 2.23. The maximum absolute atomic E-state index is 13.2. The van der Waals surface area contributed by atoms with Crippen molar-refractivity contribution in [2.75, 3.05) is 17.4 Å². The van der Waals surface area contributed by atoms with Gasteiger partial charge >= 0.3 is 0 Å². The Labute approximate surface area is 174 Å². The summed E-state index contributed by atoms with van der Waals surface area (Å²) in [6.45, 7) is -0.170. The second-order valence-corrected chi connectivity index (χ2v) is 8.39. The fourth-order valence-electron chi connectivity index (χ4n) is 2.83. The summed E-state index contributed by atoms with van der Waals surface area (Å²) in [5.41, 5.74) is 1.16. The molecular weight excluding hydrogens is 410 g/mol. The first kappa shape index (κ1) is 21.4. The lowest BCUT2D eigenvalue weighted by Gasteiger charge is -2.24. The van der Waals surface area contributed by atoms with Gasteiger partial charge in [-0.15, -0.1) is 0 Å². The molecule has 1 N–H and O–H groups in total. The van der Waals surface area contributed by atoms with Gasteiger partial charge in [0.25, 0.3) is 10.0 Å². The van der Waals surface area contributed by atoms with Crippen molar-refractivity contribution in [3.8, 4) is 0 Å². The quantitative estimate of drug-likeness (QED) is 0.595. The van der Waals surface area contributed by atoms with E-state index in [1.165, 1.54) is 12.1 Å². The molecule has 8 heteroatoms. The van der Waals surface area contributed by atoms with Crippen LogP contribution in [0.2, 0.25) is 0 Å². The van der Waals surface area contributed by atoms with Crippen molar-refractivity contribution in [1.29, 1.82) is 0 Å². The van der Waals surface area contributed by atoms with E-state index < -0.39 is 28.3 Å². The predicted molar refractivity (Wildman–Crippen MR) is 110 cm³/mol. The number of carbonyl (C=O) groups is 1. The van der Waals surface area contributed by atoms with Crippen molar-refractivity contribution < 1.29 is 22.0 Å². The van der Waals surface area contributed by atoms with Gasteiger partial charge in [0.05, 0.1) is 10.6 Å². The van der Waals surface area contributed by atoms with E-state index in [4.69, 9.17) is 0 Å². The molecule has 5 nitrogen and oxygen atoms in total. The fourth-order valence-corrected chi connectivity index (χ4v) is 4.25. The Morgan fingerprint density at radius 2 is 1.40 bits per heavy atom. The summed E-state index contributed by atoms with van der Waals surface area (Å²) in [5, 5.41) is 2.68. The number of amides is 1. The van der Waals surface area contributed by atoms with E-state index in [9.17, 15) is 22.0 Å². The molecule has 0 aliphatic heterocycles. The topological polar surface area (TPSA) is 66.5 Å². The van der Waals surface area contributed by atoms with Gasteiger partial charge in [-0.2, -0.15) is 0 Å². The van der Waals surface area contributed by atoms with Gasteiger partial charge in [-0.1, -0.05) is 30.3 Å². The molecule has 0 fully saturated rings. The van der Waals surface area contributed by atoms with Crippen molar-refractivity contribution in [1.82, 2.24) is 5.32 Å². The first-order chi connectivity index (χ1) is 14.4. The molecule has 156 valence electrons. The number of hydrogen-bond acceptors (Lipinski definition) is 3. The van der Waals surface area contributed by atoms with Crippen LogP contribution in [0.25, 0.3) is 0 Å². The highest BCUT2D eigenvalue weighted by atomic mass is 32.2. The van der Waals surface area contributed by atoms with Gasteiger partial charge < -0.3 is 5.32 Å². The van der Waals surface area contributed by atoms with Crippen molar-refractivity contribution in [3.05, 3.63) is 96.1 Å². The van der Waals surface area contributed by atoms with Crippen LogP contribution >= 0.6 is 0 Å². The second-order valence-electron chi connectivity index (χ2n) is 6.53. The largest absolute Gasteiger partial charge is 0.354 e. The number of benzene rings is 3. The second kappa shape index (κ2) is 9.49. The molecule has 0 bridgehead atoms. The molecule has 0 spiro atoms. The van der Waals surface area contributed by atoms with Crippen LogP contribution in [0.1, 0.15) is 5.56 Å². The molecule has 0 unspecified atom stereocenters. The van der Waals surface area contributed by atoms with E-state index >= 15 is 0 Å². The Kier molecular flexibility index (Phi) is 6.79. The molecule has 0 saturated carbocycles. The molecule has 3 rings (SSSR count). The summed E-state index contributed by atoms with van der Waals surface area (Å²) >= 11 is 0. The molecule has 0 aromatic heterocycles. The number of halogens is 2. The van der Waals surface area contributed by atoms with Crippen LogP contribution in [0.15, 0.2) is 83.8 Å². The molecule has 0 saturated heterocycles. The highest BCUT2D eigenvalue weighted by molar-refractivity contribution is 7.92. The lowest BCUT2D eigenvalue weighted by Crippen LogP contribution is -2.41. The SMILES string of the molecule is O=C(CN(c1ccccc1)S(=O)(=O)c1ccc(F)cc1)NCCc1ccc(F)cc1.